The minimum Gasteiger partial charge on any atom is -0.316 e. The van der Waals surface area contributed by atoms with Gasteiger partial charge in [-0.1, -0.05) is 29.8 Å². The van der Waals surface area contributed by atoms with E-state index in [4.69, 9.17) is 11.6 Å². The van der Waals surface area contributed by atoms with Crippen molar-refractivity contribution in [1.29, 1.82) is 0 Å². The number of rotatable bonds is 4. The zero-order valence-corrected chi connectivity index (χ0v) is 16.1. The number of aromatic nitrogens is 1. The van der Waals surface area contributed by atoms with Gasteiger partial charge in [0.05, 0.1) is 5.69 Å². The number of hydrogen-bond acceptors (Lipinski definition) is 6. The number of thiazole rings is 1. The summed E-state index contributed by atoms with van der Waals surface area (Å²) in [7, 11) is 0. The predicted octanol–water partition coefficient (Wildman–Crippen LogP) is 2.09. The van der Waals surface area contributed by atoms with Crippen LogP contribution in [0.25, 0.3) is 0 Å². The van der Waals surface area contributed by atoms with Crippen molar-refractivity contribution in [2.24, 2.45) is 5.92 Å². The maximum absolute atomic E-state index is 12.7. The van der Waals surface area contributed by atoms with Gasteiger partial charge in [0.1, 0.15) is 6.04 Å². The Hall–Kier alpha value is -1.51. The van der Waals surface area contributed by atoms with Crippen LogP contribution in [0.15, 0.2) is 24.3 Å². The lowest BCUT2D eigenvalue weighted by atomic mass is 9.89. The number of anilines is 1. The number of hydrazine groups is 1. The predicted molar refractivity (Wildman–Crippen MR) is 105 cm³/mol. The van der Waals surface area contributed by atoms with Crippen LogP contribution in [0.5, 0.6) is 0 Å². The van der Waals surface area contributed by atoms with Gasteiger partial charge in [-0.25, -0.2) is 10.4 Å². The standard InChI is InChI=1S/C18H22ClN5OS/c1-10-15(8-11-4-2-3-5-13(11)19)26-18(21-10)22-17(25)16-12-9-20-7-6-14(12)23-24-16/h2-5,12,14,16,20,23-24H,6-9H2,1H3,(H,21,22,25). The molecule has 3 unspecified atom stereocenters. The lowest BCUT2D eigenvalue weighted by Gasteiger charge is -2.27. The topological polar surface area (TPSA) is 78.1 Å². The molecule has 1 amide bonds. The molecule has 26 heavy (non-hydrogen) atoms. The maximum atomic E-state index is 12.7. The van der Waals surface area contributed by atoms with E-state index in [2.05, 4.69) is 26.5 Å². The van der Waals surface area contributed by atoms with Gasteiger partial charge in [-0.3, -0.25) is 10.2 Å². The van der Waals surface area contributed by atoms with Gasteiger partial charge in [0.25, 0.3) is 0 Å². The first-order chi connectivity index (χ1) is 12.6. The Morgan fingerprint density at radius 1 is 1.38 bits per heavy atom. The summed E-state index contributed by atoms with van der Waals surface area (Å²) < 4.78 is 0. The number of hydrogen-bond donors (Lipinski definition) is 4. The molecule has 0 radical (unpaired) electrons. The average Bonchev–Trinajstić information content (AvgIpc) is 3.20. The largest absolute Gasteiger partial charge is 0.316 e. The van der Waals surface area contributed by atoms with Crippen molar-refractivity contribution in [3.05, 3.63) is 45.4 Å². The summed E-state index contributed by atoms with van der Waals surface area (Å²) in [6, 6.07) is 7.92. The van der Waals surface area contributed by atoms with E-state index in [9.17, 15) is 4.79 Å². The number of amides is 1. The Kier molecular flexibility index (Phi) is 5.24. The molecule has 2 aliphatic heterocycles. The molecule has 0 spiro atoms. The Morgan fingerprint density at radius 3 is 3.08 bits per heavy atom. The molecule has 2 aliphatic rings. The SMILES string of the molecule is Cc1nc(NC(=O)C2NNC3CCNCC32)sc1Cc1ccccc1Cl. The van der Waals surface area contributed by atoms with Crippen LogP contribution < -0.4 is 21.5 Å². The van der Waals surface area contributed by atoms with E-state index in [1.807, 2.05) is 31.2 Å². The zero-order chi connectivity index (χ0) is 18.1. The highest BCUT2D eigenvalue weighted by atomic mass is 35.5. The molecule has 3 heterocycles. The van der Waals surface area contributed by atoms with Crippen LogP contribution in [-0.2, 0) is 11.2 Å². The van der Waals surface area contributed by atoms with Crippen LogP contribution >= 0.6 is 22.9 Å². The van der Waals surface area contributed by atoms with E-state index in [1.54, 1.807) is 0 Å². The molecule has 8 heteroatoms. The average molecular weight is 392 g/mol. The maximum Gasteiger partial charge on any atom is 0.245 e. The molecule has 138 valence electrons. The molecule has 0 aliphatic carbocycles. The van der Waals surface area contributed by atoms with Gasteiger partial charge >= 0.3 is 0 Å². The third-order valence-electron chi connectivity index (χ3n) is 5.10. The fraction of sp³-hybridized carbons (Fsp3) is 0.444. The highest BCUT2D eigenvalue weighted by molar-refractivity contribution is 7.15. The summed E-state index contributed by atoms with van der Waals surface area (Å²) in [5.41, 5.74) is 8.39. The summed E-state index contributed by atoms with van der Waals surface area (Å²) in [5.74, 6) is 0.221. The molecular weight excluding hydrogens is 370 g/mol. The summed E-state index contributed by atoms with van der Waals surface area (Å²) in [5, 5.41) is 7.74. The fourth-order valence-electron chi connectivity index (χ4n) is 3.62. The van der Waals surface area contributed by atoms with Gasteiger partial charge < -0.3 is 10.6 Å². The lowest BCUT2D eigenvalue weighted by Crippen LogP contribution is -2.47. The number of piperidine rings is 1. The second-order valence-electron chi connectivity index (χ2n) is 6.81. The van der Waals surface area contributed by atoms with Crippen LogP contribution in [0.2, 0.25) is 5.02 Å². The second-order valence-corrected chi connectivity index (χ2v) is 8.31. The van der Waals surface area contributed by atoms with Crippen LogP contribution in [0.1, 0.15) is 22.6 Å². The Morgan fingerprint density at radius 2 is 2.23 bits per heavy atom. The fourth-order valence-corrected chi connectivity index (χ4v) is 4.81. The van der Waals surface area contributed by atoms with Crippen molar-refractivity contribution >= 4 is 34.0 Å². The minimum atomic E-state index is -0.246. The quantitative estimate of drug-likeness (QED) is 0.642. The monoisotopic (exact) mass is 391 g/mol. The highest BCUT2D eigenvalue weighted by Crippen LogP contribution is 2.28. The number of nitrogens with one attached hydrogen (secondary N) is 4. The molecular formula is C18H22ClN5OS. The molecule has 2 aromatic rings. The number of halogens is 1. The van der Waals surface area contributed by atoms with Crippen LogP contribution in [-0.4, -0.2) is 36.1 Å². The Labute approximate surface area is 161 Å². The normalized spacial score (nSPS) is 25.1. The summed E-state index contributed by atoms with van der Waals surface area (Å²) >= 11 is 7.78. The van der Waals surface area contributed by atoms with E-state index in [1.165, 1.54) is 11.3 Å². The van der Waals surface area contributed by atoms with E-state index in [0.717, 1.165) is 47.1 Å². The number of benzene rings is 1. The smallest absolute Gasteiger partial charge is 0.245 e. The third-order valence-corrected chi connectivity index (χ3v) is 6.54. The van der Waals surface area contributed by atoms with Crippen molar-refractivity contribution in [3.63, 3.8) is 0 Å². The van der Waals surface area contributed by atoms with E-state index >= 15 is 0 Å². The van der Waals surface area contributed by atoms with Gasteiger partial charge in [-0.2, -0.15) is 0 Å². The summed E-state index contributed by atoms with van der Waals surface area (Å²) in [4.78, 5) is 18.4. The van der Waals surface area contributed by atoms with Crippen LogP contribution in [0, 0.1) is 12.8 Å². The molecule has 4 N–H and O–H groups in total. The van der Waals surface area contributed by atoms with Crippen molar-refractivity contribution < 1.29 is 4.79 Å². The van der Waals surface area contributed by atoms with Crippen molar-refractivity contribution in [3.8, 4) is 0 Å². The second kappa shape index (κ2) is 7.62. The summed E-state index contributed by atoms with van der Waals surface area (Å²) in [6.45, 7) is 3.80. The molecule has 4 rings (SSSR count). The number of carbonyl (C=O) groups excluding carboxylic acids is 1. The molecule has 2 fully saturated rings. The van der Waals surface area contributed by atoms with Gasteiger partial charge in [-0.05, 0) is 31.5 Å². The number of nitrogens with zero attached hydrogens (tertiary/aromatic N) is 1. The zero-order valence-electron chi connectivity index (χ0n) is 14.5. The summed E-state index contributed by atoms with van der Waals surface area (Å²) in [6.07, 6.45) is 1.75. The first-order valence-corrected chi connectivity index (χ1v) is 10.0. The first kappa shape index (κ1) is 17.9. The van der Waals surface area contributed by atoms with Crippen LogP contribution in [0.4, 0.5) is 5.13 Å². The molecule has 3 atom stereocenters. The van der Waals surface area contributed by atoms with E-state index < -0.39 is 0 Å². The molecule has 0 bridgehead atoms. The molecule has 1 aromatic carbocycles. The number of aryl methyl sites for hydroxylation is 1. The van der Waals surface area contributed by atoms with Crippen molar-refractivity contribution in [2.45, 2.75) is 31.8 Å². The number of carbonyl (C=O) groups is 1. The molecule has 0 saturated carbocycles. The third kappa shape index (κ3) is 3.63. The first-order valence-electron chi connectivity index (χ1n) is 8.84. The van der Waals surface area contributed by atoms with Gasteiger partial charge in [0.15, 0.2) is 5.13 Å². The van der Waals surface area contributed by atoms with E-state index in [-0.39, 0.29) is 17.9 Å². The lowest BCUT2D eigenvalue weighted by molar-refractivity contribution is -0.118. The van der Waals surface area contributed by atoms with Crippen molar-refractivity contribution in [1.82, 2.24) is 21.2 Å². The van der Waals surface area contributed by atoms with Crippen LogP contribution in [0.3, 0.4) is 0 Å². The van der Waals surface area contributed by atoms with Crippen molar-refractivity contribution in [2.75, 3.05) is 18.4 Å². The van der Waals surface area contributed by atoms with Gasteiger partial charge in [0.2, 0.25) is 5.91 Å². The van der Waals surface area contributed by atoms with Gasteiger partial charge in [-0.15, -0.1) is 11.3 Å². The number of fused-ring (bicyclic) bond motifs is 1. The molecule has 6 nitrogen and oxygen atoms in total. The molecule has 2 saturated heterocycles. The van der Waals surface area contributed by atoms with E-state index in [0.29, 0.717) is 11.2 Å². The molecule has 1 aromatic heterocycles. The highest BCUT2D eigenvalue weighted by Gasteiger charge is 2.41. The Bertz CT molecular complexity index is 811. The van der Waals surface area contributed by atoms with Gasteiger partial charge in [0, 0.05) is 34.8 Å². The Balaban J connectivity index is 1.44. The minimum absolute atomic E-state index is 0.0354.